The molecule has 5 heteroatoms. The molecule has 1 rings (SSSR count). The van der Waals surface area contributed by atoms with Crippen molar-refractivity contribution in [3.63, 3.8) is 0 Å². The first-order valence-corrected chi connectivity index (χ1v) is 9.93. The van der Waals surface area contributed by atoms with Gasteiger partial charge in [0.15, 0.2) is 11.5 Å². The van der Waals surface area contributed by atoms with Gasteiger partial charge in [0.1, 0.15) is 0 Å². The number of carbonyl (C=O) groups is 1. The monoisotopic (exact) mass is 296 g/mol. The van der Waals surface area contributed by atoms with E-state index in [9.17, 15) is 9.90 Å². The van der Waals surface area contributed by atoms with Gasteiger partial charge in [0.25, 0.3) is 0 Å². The van der Waals surface area contributed by atoms with Crippen molar-refractivity contribution in [2.24, 2.45) is 0 Å². The van der Waals surface area contributed by atoms with E-state index in [0.717, 1.165) is 35.3 Å². The second-order valence-corrected chi connectivity index (χ2v) is 10.9. The van der Waals surface area contributed by atoms with E-state index in [0.29, 0.717) is 0 Å². The number of ether oxygens (including phenoxy) is 1. The van der Waals surface area contributed by atoms with Crippen LogP contribution in [0.4, 0.5) is 4.79 Å². The number of hydrogen-bond donors (Lipinski definition) is 2. The van der Waals surface area contributed by atoms with Crippen LogP contribution in [-0.2, 0) is 6.04 Å². The van der Waals surface area contributed by atoms with Crippen LogP contribution in [0.1, 0.15) is 31.9 Å². The zero-order valence-electron chi connectivity index (χ0n) is 12.7. The lowest BCUT2D eigenvalue weighted by Crippen LogP contribution is -2.34. The minimum Gasteiger partial charge on any atom is -0.504 e. The highest BCUT2D eigenvalue weighted by Crippen LogP contribution is 2.36. The quantitative estimate of drug-likeness (QED) is 0.465. The maximum absolute atomic E-state index is 10.7. The number of aryl methyl sites for hydroxylation is 1. The number of phenols is 1. The van der Waals surface area contributed by atoms with Crippen LogP contribution in [0.5, 0.6) is 11.5 Å². The minimum atomic E-state index is -1.44. The summed E-state index contributed by atoms with van der Waals surface area (Å²) < 4.78 is 4.66. The summed E-state index contributed by atoms with van der Waals surface area (Å²) in [6, 6.07) is 7.82. The lowest BCUT2D eigenvalue weighted by molar-refractivity contribution is 0.143. The molecule has 0 amide bonds. The van der Waals surface area contributed by atoms with Crippen molar-refractivity contribution >= 4 is 14.2 Å². The number of hydrogen-bond acceptors (Lipinski definition) is 3. The molecule has 0 saturated heterocycles. The molecule has 20 heavy (non-hydrogen) atoms. The third-order valence-electron chi connectivity index (χ3n) is 4.31. The first-order valence-electron chi connectivity index (χ1n) is 7.10. The van der Waals surface area contributed by atoms with Crippen LogP contribution in [0.3, 0.4) is 0 Å². The highest BCUT2D eigenvalue weighted by molar-refractivity contribution is 6.79. The molecule has 0 radical (unpaired) electrons. The topological polar surface area (TPSA) is 66.8 Å². The van der Waals surface area contributed by atoms with E-state index in [4.69, 9.17) is 5.11 Å². The normalized spacial score (nSPS) is 11.4. The van der Waals surface area contributed by atoms with Gasteiger partial charge in [-0.1, -0.05) is 45.0 Å². The summed E-state index contributed by atoms with van der Waals surface area (Å²) in [7, 11) is -1.44. The molecular weight excluding hydrogens is 272 g/mol. The number of carboxylic acid groups (broad SMARTS) is 1. The highest BCUT2D eigenvalue weighted by Gasteiger charge is 2.29. The molecule has 0 aliphatic heterocycles. The van der Waals surface area contributed by atoms with E-state index in [1.807, 2.05) is 13.0 Å². The van der Waals surface area contributed by atoms with Crippen LogP contribution in [0.2, 0.25) is 18.1 Å². The summed E-state index contributed by atoms with van der Waals surface area (Å²) in [6.45, 7) is 8.51. The molecule has 1 aromatic rings. The van der Waals surface area contributed by atoms with Crippen LogP contribution in [0, 0.1) is 6.92 Å². The Morgan fingerprint density at radius 1 is 1.20 bits per heavy atom. The molecule has 0 bridgehead atoms. The summed E-state index contributed by atoms with van der Waals surface area (Å²) in [4.78, 5) is 10.7. The highest BCUT2D eigenvalue weighted by atomic mass is 28.3. The van der Waals surface area contributed by atoms with Crippen LogP contribution >= 0.6 is 0 Å². The van der Waals surface area contributed by atoms with Crippen molar-refractivity contribution in [3.8, 4) is 11.5 Å². The SMILES string of the molecule is CC[Si](CC)(CC)Cc1cc(C)cc(OC(=O)O)c1O. The molecule has 112 valence electrons. The molecule has 0 aromatic heterocycles. The van der Waals surface area contributed by atoms with Crippen molar-refractivity contribution in [1.29, 1.82) is 0 Å². The van der Waals surface area contributed by atoms with E-state index in [1.54, 1.807) is 6.07 Å². The van der Waals surface area contributed by atoms with Gasteiger partial charge in [-0.2, -0.15) is 0 Å². The predicted molar refractivity (Wildman–Crippen MR) is 82.4 cm³/mol. The Hall–Kier alpha value is -1.49. The fourth-order valence-electron chi connectivity index (χ4n) is 2.65. The predicted octanol–water partition coefficient (Wildman–Crippen LogP) is 4.35. The third-order valence-corrected chi connectivity index (χ3v) is 9.94. The number of rotatable bonds is 6. The van der Waals surface area contributed by atoms with Gasteiger partial charge in [0, 0.05) is 0 Å². The van der Waals surface area contributed by atoms with E-state index >= 15 is 0 Å². The van der Waals surface area contributed by atoms with Crippen molar-refractivity contribution in [2.45, 2.75) is 51.9 Å². The van der Waals surface area contributed by atoms with E-state index in [-0.39, 0.29) is 11.5 Å². The summed E-state index contributed by atoms with van der Waals surface area (Å²) in [5.41, 5.74) is 1.72. The van der Waals surface area contributed by atoms with Gasteiger partial charge in [-0.25, -0.2) is 4.79 Å². The molecule has 1 aromatic carbocycles. The van der Waals surface area contributed by atoms with Crippen molar-refractivity contribution in [2.75, 3.05) is 0 Å². The maximum Gasteiger partial charge on any atom is 0.511 e. The van der Waals surface area contributed by atoms with E-state index in [2.05, 4.69) is 25.5 Å². The smallest absolute Gasteiger partial charge is 0.504 e. The number of phenolic OH excluding ortho intramolecular Hbond substituents is 1. The van der Waals surface area contributed by atoms with Crippen molar-refractivity contribution in [1.82, 2.24) is 0 Å². The summed E-state index contributed by atoms with van der Waals surface area (Å²) in [5.74, 6) is 0.0175. The number of aromatic hydroxyl groups is 1. The Kier molecular flexibility index (Phi) is 5.62. The fraction of sp³-hybridized carbons (Fsp3) is 0.533. The Morgan fingerprint density at radius 2 is 1.75 bits per heavy atom. The van der Waals surface area contributed by atoms with Crippen molar-refractivity contribution in [3.05, 3.63) is 23.3 Å². The molecule has 4 nitrogen and oxygen atoms in total. The molecule has 0 heterocycles. The fourth-order valence-corrected chi connectivity index (χ4v) is 5.98. The van der Waals surface area contributed by atoms with E-state index in [1.165, 1.54) is 0 Å². The molecule has 0 aliphatic carbocycles. The standard InChI is InChI=1S/C15H24O4Si/c1-5-20(6-2,7-3)10-12-8-11(4)9-13(14(12)16)19-15(17)18/h8-9,16H,5-7,10H2,1-4H3,(H,17,18). The van der Waals surface area contributed by atoms with Gasteiger partial charge >= 0.3 is 6.16 Å². The molecule has 0 aliphatic rings. The molecule has 2 N–H and O–H groups in total. The van der Waals surface area contributed by atoms with Gasteiger partial charge < -0.3 is 14.9 Å². The van der Waals surface area contributed by atoms with Gasteiger partial charge in [0.05, 0.1) is 8.07 Å². The zero-order valence-corrected chi connectivity index (χ0v) is 13.7. The van der Waals surface area contributed by atoms with Gasteiger partial charge in [-0.05, 0) is 30.2 Å². The summed E-state index contributed by atoms with van der Waals surface area (Å²) >= 11 is 0. The second kappa shape index (κ2) is 6.79. The minimum absolute atomic E-state index is 0.0229. The van der Waals surface area contributed by atoms with E-state index < -0.39 is 14.2 Å². The maximum atomic E-state index is 10.7. The number of benzene rings is 1. The summed E-state index contributed by atoms with van der Waals surface area (Å²) in [6.07, 6.45) is -1.40. The second-order valence-electron chi connectivity index (χ2n) is 5.38. The lowest BCUT2D eigenvalue weighted by atomic mass is 10.1. The van der Waals surface area contributed by atoms with Crippen LogP contribution in [-0.4, -0.2) is 24.4 Å². The molecule has 0 unspecified atom stereocenters. The molecule has 0 fully saturated rings. The molecule has 0 atom stereocenters. The third kappa shape index (κ3) is 3.76. The van der Waals surface area contributed by atoms with Gasteiger partial charge in [-0.3, -0.25) is 0 Å². The summed E-state index contributed by atoms with van der Waals surface area (Å²) in [5, 5.41) is 19.0. The molecule has 0 saturated carbocycles. The van der Waals surface area contributed by atoms with Crippen molar-refractivity contribution < 1.29 is 19.7 Å². The average molecular weight is 296 g/mol. The molecular formula is C15H24O4Si. The Bertz CT molecular complexity index is 473. The van der Waals surface area contributed by atoms with Crippen LogP contribution in [0.15, 0.2) is 12.1 Å². The van der Waals surface area contributed by atoms with Crippen LogP contribution in [0.25, 0.3) is 0 Å². The Morgan fingerprint density at radius 3 is 2.20 bits per heavy atom. The lowest BCUT2D eigenvalue weighted by Gasteiger charge is -2.28. The largest absolute Gasteiger partial charge is 0.511 e. The van der Waals surface area contributed by atoms with Gasteiger partial charge in [-0.15, -0.1) is 0 Å². The molecule has 0 spiro atoms. The average Bonchev–Trinajstić information content (AvgIpc) is 2.40. The Labute approximate surface area is 121 Å². The first-order chi connectivity index (χ1) is 9.37. The van der Waals surface area contributed by atoms with Crippen LogP contribution < -0.4 is 4.74 Å². The van der Waals surface area contributed by atoms with Gasteiger partial charge in [0.2, 0.25) is 0 Å². The zero-order chi connectivity index (χ0) is 15.3. The Balaban J connectivity index is 3.18. The first kappa shape index (κ1) is 16.6.